The lowest BCUT2D eigenvalue weighted by atomic mass is 10.0. The summed E-state index contributed by atoms with van der Waals surface area (Å²) < 4.78 is 4.58. The number of nitrogens with zero attached hydrogens (tertiary/aromatic N) is 2. The van der Waals surface area contributed by atoms with Gasteiger partial charge in [-0.05, 0) is 25.3 Å². The van der Waals surface area contributed by atoms with Crippen molar-refractivity contribution in [1.82, 2.24) is 4.90 Å². The second-order valence-corrected chi connectivity index (χ2v) is 4.40. The summed E-state index contributed by atoms with van der Waals surface area (Å²) in [5.74, 6) is -0.174. The SMILES string of the molecule is COC(=O)CCN(C)CC1(CC#N)CC1. The molecule has 0 atom stereocenters. The normalized spacial score (nSPS) is 17.2. The number of hydrogen-bond acceptors (Lipinski definition) is 4. The van der Waals surface area contributed by atoms with Crippen LogP contribution < -0.4 is 0 Å². The highest BCUT2D eigenvalue weighted by atomic mass is 16.5. The van der Waals surface area contributed by atoms with Crippen molar-refractivity contribution in [3.63, 3.8) is 0 Å². The Balaban J connectivity index is 2.21. The van der Waals surface area contributed by atoms with Gasteiger partial charge >= 0.3 is 5.97 Å². The lowest BCUT2D eigenvalue weighted by Gasteiger charge is -2.21. The first-order chi connectivity index (χ1) is 7.12. The van der Waals surface area contributed by atoms with Crippen molar-refractivity contribution < 1.29 is 9.53 Å². The molecule has 0 N–H and O–H groups in total. The van der Waals surface area contributed by atoms with Crippen molar-refractivity contribution in [2.24, 2.45) is 5.41 Å². The van der Waals surface area contributed by atoms with E-state index in [1.807, 2.05) is 7.05 Å². The molecule has 1 saturated carbocycles. The topological polar surface area (TPSA) is 53.3 Å². The predicted molar refractivity (Wildman–Crippen MR) is 56.0 cm³/mol. The number of nitriles is 1. The molecule has 4 heteroatoms. The van der Waals surface area contributed by atoms with E-state index in [9.17, 15) is 4.79 Å². The van der Waals surface area contributed by atoms with Crippen LogP contribution in [0.2, 0.25) is 0 Å². The Morgan fingerprint density at radius 1 is 1.60 bits per heavy atom. The van der Waals surface area contributed by atoms with Crippen LogP contribution in [0.25, 0.3) is 0 Å². The van der Waals surface area contributed by atoms with Crippen LogP contribution in [0.15, 0.2) is 0 Å². The Labute approximate surface area is 90.8 Å². The largest absolute Gasteiger partial charge is 0.469 e. The number of methoxy groups -OCH3 is 1. The zero-order chi connectivity index (χ0) is 11.3. The van der Waals surface area contributed by atoms with E-state index in [0.29, 0.717) is 19.4 Å². The molecular formula is C11H18N2O2. The molecule has 0 aliphatic heterocycles. The molecule has 1 aliphatic rings. The quantitative estimate of drug-likeness (QED) is 0.618. The molecule has 1 rings (SSSR count). The minimum atomic E-state index is -0.174. The molecule has 0 radical (unpaired) electrons. The summed E-state index contributed by atoms with van der Waals surface area (Å²) in [4.78, 5) is 13.0. The monoisotopic (exact) mass is 210 g/mol. The van der Waals surface area contributed by atoms with E-state index < -0.39 is 0 Å². The van der Waals surface area contributed by atoms with Gasteiger partial charge in [-0.1, -0.05) is 0 Å². The fourth-order valence-corrected chi connectivity index (χ4v) is 1.77. The molecule has 0 aromatic rings. The average molecular weight is 210 g/mol. The summed E-state index contributed by atoms with van der Waals surface area (Å²) in [5, 5.41) is 8.67. The van der Waals surface area contributed by atoms with Gasteiger partial charge in [-0.15, -0.1) is 0 Å². The number of esters is 1. The van der Waals surface area contributed by atoms with Crippen LogP contribution >= 0.6 is 0 Å². The van der Waals surface area contributed by atoms with E-state index in [0.717, 1.165) is 19.4 Å². The first-order valence-electron chi connectivity index (χ1n) is 5.24. The average Bonchev–Trinajstić information content (AvgIpc) is 2.95. The van der Waals surface area contributed by atoms with Gasteiger partial charge in [0.2, 0.25) is 0 Å². The van der Waals surface area contributed by atoms with Gasteiger partial charge in [0, 0.05) is 19.5 Å². The van der Waals surface area contributed by atoms with E-state index >= 15 is 0 Å². The van der Waals surface area contributed by atoms with Gasteiger partial charge in [0.25, 0.3) is 0 Å². The molecule has 4 nitrogen and oxygen atoms in total. The van der Waals surface area contributed by atoms with Crippen molar-refractivity contribution in [2.75, 3.05) is 27.2 Å². The van der Waals surface area contributed by atoms with Crippen LogP contribution in [0.5, 0.6) is 0 Å². The predicted octanol–water partition coefficient (Wildman–Crippen LogP) is 1.18. The Morgan fingerprint density at radius 2 is 2.27 bits per heavy atom. The highest BCUT2D eigenvalue weighted by Gasteiger charge is 2.42. The van der Waals surface area contributed by atoms with Crippen LogP contribution in [0.3, 0.4) is 0 Å². The van der Waals surface area contributed by atoms with Gasteiger partial charge < -0.3 is 9.64 Å². The fraction of sp³-hybridized carbons (Fsp3) is 0.818. The number of rotatable bonds is 6. The van der Waals surface area contributed by atoms with Crippen molar-refractivity contribution in [1.29, 1.82) is 5.26 Å². The van der Waals surface area contributed by atoms with Gasteiger partial charge in [0.05, 0.1) is 19.6 Å². The molecule has 0 amide bonds. The lowest BCUT2D eigenvalue weighted by molar-refractivity contribution is -0.140. The van der Waals surface area contributed by atoms with Crippen LogP contribution in [0.1, 0.15) is 25.7 Å². The maximum Gasteiger partial charge on any atom is 0.306 e. The minimum Gasteiger partial charge on any atom is -0.469 e. The Kier molecular flexibility index (Phi) is 4.10. The van der Waals surface area contributed by atoms with Crippen LogP contribution in [-0.2, 0) is 9.53 Å². The van der Waals surface area contributed by atoms with Crippen molar-refractivity contribution in [3.8, 4) is 6.07 Å². The molecule has 0 bridgehead atoms. The van der Waals surface area contributed by atoms with Crippen LogP contribution in [-0.4, -0.2) is 38.1 Å². The van der Waals surface area contributed by atoms with Gasteiger partial charge in [0.15, 0.2) is 0 Å². The summed E-state index contributed by atoms with van der Waals surface area (Å²) in [6.07, 6.45) is 3.34. The Hall–Kier alpha value is -1.08. The molecule has 0 saturated heterocycles. The third-order valence-corrected chi connectivity index (χ3v) is 2.94. The van der Waals surface area contributed by atoms with Crippen molar-refractivity contribution in [3.05, 3.63) is 0 Å². The van der Waals surface area contributed by atoms with Gasteiger partial charge in [0.1, 0.15) is 0 Å². The molecule has 0 aromatic carbocycles. The van der Waals surface area contributed by atoms with E-state index in [2.05, 4.69) is 15.7 Å². The number of hydrogen-bond donors (Lipinski definition) is 0. The summed E-state index contributed by atoms with van der Waals surface area (Å²) in [7, 11) is 3.39. The molecule has 0 heterocycles. The van der Waals surface area contributed by atoms with E-state index in [4.69, 9.17) is 5.26 Å². The molecule has 84 valence electrons. The molecule has 1 fully saturated rings. The molecule has 15 heavy (non-hydrogen) atoms. The summed E-state index contributed by atoms with van der Waals surface area (Å²) in [6.45, 7) is 1.62. The lowest BCUT2D eigenvalue weighted by Crippen LogP contribution is -2.29. The number of carbonyl (C=O) groups is 1. The highest BCUT2D eigenvalue weighted by molar-refractivity contribution is 5.69. The third kappa shape index (κ3) is 3.88. The fourth-order valence-electron chi connectivity index (χ4n) is 1.77. The van der Waals surface area contributed by atoms with Crippen molar-refractivity contribution in [2.45, 2.75) is 25.7 Å². The molecule has 0 spiro atoms. The van der Waals surface area contributed by atoms with E-state index in [1.54, 1.807) is 0 Å². The Bertz CT molecular complexity index is 266. The van der Waals surface area contributed by atoms with Crippen LogP contribution in [0, 0.1) is 16.7 Å². The van der Waals surface area contributed by atoms with Gasteiger partial charge in [-0.25, -0.2) is 0 Å². The van der Waals surface area contributed by atoms with E-state index in [-0.39, 0.29) is 11.4 Å². The van der Waals surface area contributed by atoms with E-state index in [1.165, 1.54) is 7.11 Å². The molecular weight excluding hydrogens is 192 g/mol. The first-order valence-corrected chi connectivity index (χ1v) is 5.24. The second kappa shape index (κ2) is 5.13. The van der Waals surface area contributed by atoms with Gasteiger partial charge in [-0.3, -0.25) is 4.79 Å². The summed E-state index contributed by atoms with van der Waals surface area (Å²) >= 11 is 0. The summed E-state index contributed by atoms with van der Waals surface area (Å²) in [6, 6.07) is 2.23. The second-order valence-electron chi connectivity index (χ2n) is 4.40. The maximum absolute atomic E-state index is 10.9. The standard InChI is InChI=1S/C11H18N2O2/c1-13(8-3-10(14)15-2)9-11(4-5-11)6-7-12/h3-6,8-9H2,1-2H3. The molecule has 0 unspecified atom stereocenters. The Morgan fingerprint density at radius 3 is 2.73 bits per heavy atom. The smallest absolute Gasteiger partial charge is 0.306 e. The number of ether oxygens (including phenoxy) is 1. The van der Waals surface area contributed by atoms with Gasteiger partial charge in [-0.2, -0.15) is 5.26 Å². The highest BCUT2D eigenvalue weighted by Crippen LogP contribution is 2.48. The first kappa shape index (κ1) is 12.0. The molecule has 0 aromatic heterocycles. The zero-order valence-corrected chi connectivity index (χ0v) is 9.45. The minimum absolute atomic E-state index is 0.174. The zero-order valence-electron chi connectivity index (χ0n) is 9.45. The van der Waals surface area contributed by atoms with Crippen molar-refractivity contribution >= 4 is 5.97 Å². The molecule has 1 aliphatic carbocycles. The number of carbonyl (C=O) groups excluding carboxylic acids is 1. The maximum atomic E-state index is 10.9. The summed E-state index contributed by atoms with van der Waals surface area (Å²) in [5.41, 5.74) is 0.222. The van der Waals surface area contributed by atoms with Crippen LogP contribution in [0.4, 0.5) is 0 Å². The third-order valence-electron chi connectivity index (χ3n) is 2.94.